The molecule has 4 aliphatic carbocycles. The SMILES string of the molecule is C=C1[C@H]2CC[C@@H]3[C@H](CC[C@]4(C)[C@@H]([C@@H](C)CCCC(C)C)CC[C@@H]34)[C@@]2(C)CC[C@@H]1O. The molecule has 1 nitrogen and oxygen atoms in total. The van der Waals surface area contributed by atoms with Gasteiger partial charge in [-0.2, -0.15) is 0 Å². The first-order valence-corrected chi connectivity index (χ1v) is 13.0. The zero-order valence-electron chi connectivity index (χ0n) is 20.1. The molecule has 0 aromatic heterocycles. The van der Waals surface area contributed by atoms with Crippen LogP contribution in [0.1, 0.15) is 105 Å². The van der Waals surface area contributed by atoms with Crippen LogP contribution in [0.4, 0.5) is 0 Å². The van der Waals surface area contributed by atoms with Gasteiger partial charge in [0.25, 0.3) is 0 Å². The smallest absolute Gasteiger partial charge is 0.0750 e. The molecule has 4 rings (SSSR count). The maximum Gasteiger partial charge on any atom is 0.0750 e. The van der Waals surface area contributed by atoms with Gasteiger partial charge in [-0.05, 0) is 109 Å². The van der Waals surface area contributed by atoms with Gasteiger partial charge in [0.2, 0.25) is 0 Å². The van der Waals surface area contributed by atoms with Gasteiger partial charge in [-0.3, -0.25) is 0 Å². The summed E-state index contributed by atoms with van der Waals surface area (Å²) in [6.07, 6.45) is 14.7. The normalized spacial score (nSPS) is 48.2. The number of hydrogen-bond donors (Lipinski definition) is 1. The Bertz CT molecular complexity index is 607. The summed E-state index contributed by atoms with van der Waals surface area (Å²) in [5.74, 6) is 6.04. The van der Waals surface area contributed by atoms with Crippen molar-refractivity contribution in [3.05, 3.63) is 12.2 Å². The van der Waals surface area contributed by atoms with Crippen molar-refractivity contribution in [1.29, 1.82) is 0 Å². The Labute approximate surface area is 181 Å². The summed E-state index contributed by atoms with van der Waals surface area (Å²) in [7, 11) is 0. The predicted octanol–water partition coefficient (Wildman–Crippen LogP) is 7.63. The van der Waals surface area contributed by atoms with Crippen LogP contribution in [0.25, 0.3) is 0 Å². The lowest BCUT2D eigenvalue weighted by atomic mass is 9.44. The number of hydrogen-bond acceptors (Lipinski definition) is 1. The van der Waals surface area contributed by atoms with E-state index >= 15 is 0 Å². The van der Waals surface area contributed by atoms with Crippen molar-refractivity contribution >= 4 is 0 Å². The zero-order valence-corrected chi connectivity index (χ0v) is 20.1. The van der Waals surface area contributed by atoms with E-state index in [1.54, 1.807) is 0 Å². The molecule has 0 saturated heterocycles. The molecule has 0 aromatic carbocycles. The third kappa shape index (κ3) is 3.56. The lowest BCUT2D eigenvalue weighted by Crippen LogP contribution is -2.54. The van der Waals surface area contributed by atoms with Crippen LogP contribution in [-0.4, -0.2) is 11.2 Å². The van der Waals surface area contributed by atoms with Gasteiger partial charge in [0, 0.05) is 0 Å². The van der Waals surface area contributed by atoms with Crippen molar-refractivity contribution in [3.63, 3.8) is 0 Å². The fraction of sp³-hybridized carbons (Fsp3) is 0.929. The Morgan fingerprint density at radius 2 is 1.59 bits per heavy atom. The van der Waals surface area contributed by atoms with Crippen molar-refractivity contribution in [2.75, 3.05) is 0 Å². The molecule has 0 aliphatic heterocycles. The van der Waals surface area contributed by atoms with Gasteiger partial charge < -0.3 is 5.11 Å². The third-order valence-electron chi connectivity index (χ3n) is 10.9. The van der Waals surface area contributed by atoms with E-state index in [9.17, 15) is 5.11 Å². The molecule has 1 N–H and O–H groups in total. The van der Waals surface area contributed by atoms with E-state index in [1.165, 1.54) is 69.8 Å². The minimum absolute atomic E-state index is 0.235. The fourth-order valence-corrected chi connectivity index (χ4v) is 9.31. The zero-order chi connectivity index (χ0) is 21.0. The van der Waals surface area contributed by atoms with Gasteiger partial charge in [-0.15, -0.1) is 0 Å². The summed E-state index contributed by atoms with van der Waals surface area (Å²) in [5.41, 5.74) is 2.17. The summed E-state index contributed by atoms with van der Waals surface area (Å²) in [5, 5.41) is 10.4. The van der Waals surface area contributed by atoms with Gasteiger partial charge >= 0.3 is 0 Å². The second kappa shape index (κ2) is 7.99. The van der Waals surface area contributed by atoms with E-state index in [0.29, 0.717) is 16.7 Å². The molecule has 1 heteroatoms. The first kappa shape index (κ1) is 21.9. The van der Waals surface area contributed by atoms with Crippen LogP contribution in [-0.2, 0) is 0 Å². The van der Waals surface area contributed by atoms with Gasteiger partial charge in [0.05, 0.1) is 6.10 Å². The highest BCUT2D eigenvalue weighted by Crippen LogP contribution is 2.68. The fourth-order valence-electron chi connectivity index (χ4n) is 9.31. The number of aliphatic hydroxyl groups is 1. The standard InChI is InChI=1S/C28H48O/c1-18(2)8-7-9-19(3)22-12-13-24-21-10-11-23-20(4)26(29)15-17-28(23,6)25(21)14-16-27(22,24)5/h18-19,21-26,29H,4,7-17H2,1-3,5-6H3/t19-,21-,22+,23+,24-,25-,26-,27+,28-/m0/s1. The Balaban J connectivity index is 1.48. The van der Waals surface area contributed by atoms with Crippen LogP contribution in [0.5, 0.6) is 0 Å². The Hall–Kier alpha value is -0.300. The van der Waals surface area contributed by atoms with E-state index in [1.807, 2.05) is 0 Å². The molecule has 0 heterocycles. The van der Waals surface area contributed by atoms with Crippen LogP contribution < -0.4 is 0 Å². The quantitative estimate of drug-likeness (QED) is 0.470. The van der Waals surface area contributed by atoms with E-state index in [2.05, 4.69) is 41.2 Å². The molecule has 0 spiro atoms. The maximum absolute atomic E-state index is 10.4. The molecule has 29 heavy (non-hydrogen) atoms. The van der Waals surface area contributed by atoms with E-state index in [0.717, 1.165) is 41.9 Å². The third-order valence-corrected chi connectivity index (χ3v) is 10.9. The number of aliphatic hydroxyl groups excluding tert-OH is 1. The van der Waals surface area contributed by atoms with Crippen LogP contribution >= 0.6 is 0 Å². The van der Waals surface area contributed by atoms with Gasteiger partial charge in [-0.1, -0.05) is 60.5 Å². The van der Waals surface area contributed by atoms with Crippen molar-refractivity contribution in [1.82, 2.24) is 0 Å². The molecule has 9 atom stereocenters. The monoisotopic (exact) mass is 400 g/mol. The Morgan fingerprint density at radius 1 is 0.897 bits per heavy atom. The van der Waals surface area contributed by atoms with Gasteiger partial charge in [0.1, 0.15) is 0 Å². The van der Waals surface area contributed by atoms with Crippen LogP contribution in [0.3, 0.4) is 0 Å². The van der Waals surface area contributed by atoms with Crippen LogP contribution in [0.15, 0.2) is 12.2 Å². The molecule has 166 valence electrons. The minimum Gasteiger partial charge on any atom is -0.389 e. The highest BCUT2D eigenvalue weighted by Gasteiger charge is 2.61. The first-order valence-electron chi connectivity index (χ1n) is 13.0. The number of fused-ring (bicyclic) bond motifs is 5. The van der Waals surface area contributed by atoms with Crippen LogP contribution in [0, 0.1) is 52.3 Å². The van der Waals surface area contributed by atoms with Crippen molar-refractivity contribution in [2.24, 2.45) is 52.3 Å². The molecule has 4 aliphatic rings. The van der Waals surface area contributed by atoms with Crippen molar-refractivity contribution < 1.29 is 5.11 Å². The lowest BCUT2D eigenvalue weighted by Gasteiger charge is -2.61. The summed E-state index contributed by atoms with van der Waals surface area (Å²) in [6, 6.07) is 0. The Kier molecular flexibility index (Phi) is 6.04. The van der Waals surface area contributed by atoms with Crippen molar-refractivity contribution in [2.45, 2.75) is 111 Å². The van der Waals surface area contributed by atoms with E-state index < -0.39 is 0 Å². The summed E-state index contributed by atoms with van der Waals surface area (Å²) < 4.78 is 0. The van der Waals surface area contributed by atoms with Gasteiger partial charge in [0.15, 0.2) is 0 Å². The maximum atomic E-state index is 10.4. The molecular weight excluding hydrogens is 352 g/mol. The van der Waals surface area contributed by atoms with E-state index in [-0.39, 0.29) is 6.10 Å². The molecule has 0 radical (unpaired) electrons. The average molecular weight is 401 g/mol. The molecule has 0 aromatic rings. The predicted molar refractivity (Wildman–Crippen MR) is 124 cm³/mol. The summed E-state index contributed by atoms with van der Waals surface area (Å²) >= 11 is 0. The molecule has 4 fully saturated rings. The topological polar surface area (TPSA) is 20.2 Å². The Morgan fingerprint density at radius 3 is 2.31 bits per heavy atom. The van der Waals surface area contributed by atoms with Crippen molar-refractivity contribution in [3.8, 4) is 0 Å². The first-order chi connectivity index (χ1) is 13.7. The van der Waals surface area contributed by atoms with E-state index in [4.69, 9.17) is 0 Å². The molecule has 0 unspecified atom stereocenters. The largest absolute Gasteiger partial charge is 0.389 e. The average Bonchev–Trinajstić information content (AvgIpc) is 3.02. The van der Waals surface area contributed by atoms with Crippen LogP contribution in [0.2, 0.25) is 0 Å². The highest BCUT2D eigenvalue weighted by molar-refractivity contribution is 5.20. The summed E-state index contributed by atoms with van der Waals surface area (Å²) in [4.78, 5) is 0. The molecule has 4 saturated carbocycles. The summed E-state index contributed by atoms with van der Waals surface area (Å²) in [6.45, 7) is 17.0. The second-order valence-corrected chi connectivity index (χ2v) is 12.7. The molecule has 0 bridgehead atoms. The number of rotatable bonds is 5. The second-order valence-electron chi connectivity index (χ2n) is 12.7. The highest BCUT2D eigenvalue weighted by atomic mass is 16.3. The molecular formula is C28H48O. The van der Waals surface area contributed by atoms with Gasteiger partial charge in [-0.25, -0.2) is 0 Å². The lowest BCUT2D eigenvalue weighted by molar-refractivity contribution is -0.111. The molecule has 0 amide bonds. The minimum atomic E-state index is -0.235.